The largest absolute Gasteiger partial charge is 0.365 e. The zero-order valence-corrected chi connectivity index (χ0v) is 11.7. The Hall–Kier alpha value is 0.0700. The normalized spacial score (nSPS) is 14.8. The van der Waals surface area contributed by atoms with Crippen molar-refractivity contribution in [2.24, 2.45) is 5.73 Å². The highest BCUT2D eigenvalue weighted by Gasteiger charge is 2.28. The summed E-state index contributed by atoms with van der Waals surface area (Å²) in [6.07, 6.45) is -0.538. The molecule has 0 aromatic heterocycles. The highest BCUT2D eigenvalue weighted by molar-refractivity contribution is 7.53. The van der Waals surface area contributed by atoms with Crippen LogP contribution in [0.25, 0.3) is 0 Å². The molecule has 0 fully saturated rings. The summed E-state index contributed by atoms with van der Waals surface area (Å²) in [5.41, 5.74) is 5.41. The number of hydrogen-bond donors (Lipinski definition) is 1. The maximum Gasteiger partial charge on any atom is 0.356 e. The topological polar surface area (TPSA) is 70.8 Å². The summed E-state index contributed by atoms with van der Waals surface area (Å²) in [4.78, 5) is 0. The molecule has 5 nitrogen and oxygen atoms in total. The lowest BCUT2D eigenvalue weighted by atomic mass is 10.4. The molecule has 1 atom stereocenters. The van der Waals surface area contributed by atoms with Crippen LogP contribution >= 0.6 is 7.60 Å². The van der Waals surface area contributed by atoms with Gasteiger partial charge in [0.1, 0.15) is 6.35 Å². The van der Waals surface area contributed by atoms with E-state index in [-0.39, 0.29) is 24.7 Å². The zero-order chi connectivity index (χ0) is 12.8. The van der Waals surface area contributed by atoms with Crippen LogP contribution in [0.2, 0.25) is 0 Å². The van der Waals surface area contributed by atoms with E-state index in [1.807, 2.05) is 34.6 Å². The van der Waals surface area contributed by atoms with E-state index in [4.69, 9.17) is 19.5 Å². The Morgan fingerprint density at radius 3 is 1.81 bits per heavy atom. The van der Waals surface area contributed by atoms with Crippen molar-refractivity contribution in [3.8, 4) is 0 Å². The second kappa shape index (κ2) is 7.41. The van der Waals surface area contributed by atoms with Gasteiger partial charge in [-0.1, -0.05) is 0 Å². The molecule has 0 bridgehead atoms. The molecule has 98 valence electrons. The Morgan fingerprint density at radius 2 is 1.50 bits per heavy atom. The SMILES string of the molecule is CC(C)OP(=O)(CO[C@H](C)CN)OC(C)C. The van der Waals surface area contributed by atoms with E-state index in [2.05, 4.69) is 0 Å². The van der Waals surface area contributed by atoms with Crippen LogP contribution in [0.3, 0.4) is 0 Å². The number of ether oxygens (including phenoxy) is 1. The van der Waals surface area contributed by atoms with Crippen molar-refractivity contribution in [2.75, 3.05) is 12.9 Å². The van der Waals surface area contributed by atoms with E-state index in [0.717, 1.165) is 0 Å². The van der Waals surface area contributed by atoms with Crippen molar-refractivity contribution in [1.82, 2.24) is 0 Å². The Balaban J connectivity index is 4.36. The van der Waals surface area contributed by atoms with E-state index in [0.29, 0.717) is 6.54 Å². The minimum atomic E-state index is -3.18. The molecular formula is C10H24NO4P. The van der Waals surface area contributed by atoms with Crippen LogP contribution in [-0.4, -0.2) is 31.2 Å². The number of rotatable bonds is 8. The first-order valence-electron chi connectivity index (χ1n) is 5.56. The Labute approximate surface area is 98.2 Å². The van der Waals surface area contributed by atoms with Gasteiger partial charge in [0.15, 0.2) is 0 Å². The predicted octanol–water partition coefficient (Wildman–Crippen LogP) is 2.35. The number of nitrogens with two attached hydrogens (primary N) is 1. The van der Waals surface area contributed by atoms with Crippen LogP contribution < -0.4 is 5.73 Å². The fourth-order valence-corrected chi connectivity index (χ4v) is 2.91. The summed E-state index contributed by atoms with van der Waals surface area (Å²) in [7, 11) is -3.18. The molecule has 0 amide bonds. The molecule has 0 rings (SSSR count). The Morgan fingerprint density at radius 1 is 1.06 bits per heavy atom. The molecule has 0 aromatic carbocycles. The van der Waals surface area contributed by atoms with Gasteiger partial charge in [0.25, 0.3) is 0 Å². The third-order valence-corrected chi connectivity index (χ3v) is 3.54. The molecule has 6 heteroatoms. The van der Waals surface area contributed by atoms with Gasteiger partial charge in [-0.3, -0.25) is 4.57 Å². The second-order valence-corrected chi connectivity index (χ2v) is 6.16. The summed E-state index contributed by atoms with van der Waals surface area (Å²) >= 11 is 0. The third kappa shape index (κ3) is 7.36. The maximum atomic E-state index is 12.2. The molecule has 0 heterocycles. The van der Waals surface area contributed by atoms with Gasteiger partial charge >= 0.3 is 7.60 Å². The van der Waals surface area contributed by atoms with E-state index in [1.54, 1.807) is 0 Å². The monoisotopic (exact) mass is 253 g/mol. The van der Waals surface area contributed by atoms with Crippen LogP contribution in [-0.2, 0) is 18.3 Å². The molecule has 16 heavy (non-hydrogen) atoms. The average molecular weight is 253 g/mol. The molecule has 0 aliphatic heterocycles. The lowest BCUT2D eigenvalue weighted by molar-refractivity contribution is 0.0668. The molecule has 0 saturated heterocycles. The van der Waals surface area contributed by atoms with E-state index < -0.39 is 7.60 Å². The molecule has 0 unspecified atom stereocenters. The van der Waals surface area contributed by atoms with Crippen LogP contribution in [0.15, 0.2) is 0 Å². The first-order chi connectivity index (χ1) is 7.29. The fourth-order valence-electron chi connectivity index (χ4n) is 1.01. The summed E-state index contributed by atoms with van der Waals surface area (Å²) < 4.78 is 28.2. The number of hydrogen-bond acceptors (Lipinski definition) is 5. The van der Waals surface area contributed by atoms with Gasteiger partial charge in [-0.15, -0.1) is 0 Å². The maximum absolute atomic E-state index is 12.2. The highest BCUT2D eigenvalue weighted by Crippen LogP contribution is 2.50. The predicted molar refractivity (Wildman–Crippen MR) is 64.5 cm³/mol. The smallest absolute Gasteiger partial charge is 0.356 e. The second-order valence-electron chi connectivity index (χ2n) is 4.26. The van der Waals surface area contributed by atoms with Crippen LogP contribution in [0.1, 0.15) is 34.6 Å². The molecular weight excluding hydrogens is 229 g/mol. The van der Waals surface area contributed by atoms with Gasteiger partial charge in [-0.2, -0.15) is 0 Å². The minimum Gasteiger partial charge on any atom is -0.365 e. The Kier molecular flexibility index (Phi) is 7.44. The quantitative estimate of drug-likeness (QED) is 0.672. The van der Waals surface area contributed by atoms with Crippen molar-refractivity contribution < 1.29 is 18.3 Å². The molecule has 2 N–H and O–H groups in total. The van der Waals surface area contributed by atoms with E-state index in [1.165, 1.54) is 0 Å². The molecule has 0 aliphatic rings. The van der Waals surface area contributed by atoms with Crippen molar-refractivity contribution in [3.05, 3.63) is 0 Å². The first kappa shape index (κ1) is 16.1. The Bertz CT molecular complexity index is 219. The summed E-state index contributed by atoms with van der Waals surface area (Å²) in [5, 5.41) is 0. The van der Waals surface area contributed by atoms with Crippen molar-refractivity contribution in [3.63, 3.8) is 0 Å². The third-order valence-electron chi connectivity index (χ3n) is 1.59. The molecule has 0 radical (unpaired) electrons. The molecule has 0 spiro atoms. The zero-order valence-electron chi connectivity index (χ0n) is 10.8. The van der Waals surface area contributed by atoms with E-state index >= 15 is 0 Å². The summed E-state index contributed by atoms with van der Waals surface area (Å²) in [5.74, 6) is 0. The van der Waals surface area contributed by atoms with Gasteiger partial charge in [-0.25, -0.2) is 0 Å². The minimum absolute atomic E-state index is 0.0538. The van der Waals surface area contributed by atoms with E-state index in [9.17, 15) is 4.57 Å². The molecule has 0 aromatic rings. The lowest BCUT2D eigenvalue weighted by Crippen LogP contribution is -2.22. The molecule has 0 aliphatic carbocycles. The van der Waals surface area contributed by atoms with Crippen LogP contribution in [0, 0.1) is 0 Å². The van der Waals surface area contributed by atoms with Crippen LogP contribution in [0.4, 0.5) is 0 Å². The van der Waals surface area contributed by atoms with Crippen molar-refractivity contribution in [2.45, 2.75) is 52.9 Å². The fraction of sp³-hybridized carbons (Fsp3) is 1.00. The van der Waals surface area contributed by atoms with Gasteiger partial charge in [0.2, 0.25) is 0 Å². The summed E-state index contributed by atoms with van der Waals surface area (Å²) in [6, 6.07) is 0. The van der Waals surface area contributed by atoms with Gasteiger partial charge in [0, 0.05) is 6.54 Å². The van der Waals surface area contributed by atoms with Gasteiger partial charge in [0.05, 0.1) is 18.3 Å². The first-order valence-corrected chi connectivity index (χ1v) is 7.29. The van der Waals surface area contributed by atoms with Crippen LogP contribution in [0.5, 0.6) is 0 Å². The van der Waals surface area contributed by atoms with Crippen molar-refractivity contribution in [1.29, 1.82) is 0 Å². The highest BCUT2D eigenvalue weighted by atomic mass is 31.2. The van der Waals surface area contributed by atoms with Gasteiger partial charge in [-0.05, 0) is 34.6 Å². The summed E-state index contributed by atoms with van der Waals surface area (Å²) in [6.45, 7) is 9.43. The lowest BCUT2D eigenvalue weighted by Gasteiger charge is -2.23. The molecule has 0 saturated carbocycles. The van der Waals surface area contributed by atoms with Gasteiger partial charge < -0.3 is 19.5 Å². The standard InChI is InChI=1S/C10H24NO4P/c1-8(2)14-16(12,15-9(3)4)7-13-10(5)6-11/h8-10H,6-7,11H2,1-5H3/t10-/m1/s1. The van der Waals surface area contributed by atoms with Crippen molar-refractivity contribution >= 4 is 7.60 Å². The average Bonchev–Trinajstić information content (AvgIpc) is 2.11.